The summed E-state index contributed by atoms with van der Waals surface area (Å²) in [6.07, 6.45) is 7.28. The van der Waals surface area contributed by atoms with Gasteiger partial charge in [-0.15, -0.1) is 0 Å². The highest BCUT2D eigenvalue weighted by Crippen LogP contribution is 2.29. The lowest BCUT2D eigenvalue weighted by Gasteiger charge is -2.11. The van der Waals surface area contributed by atoms with Crippen LogP contribution in [0.1, 0.15) is 42.5 Å². The van der Waals surface area contributed by atoms with Crippen molar-refractivity contribution in [1.29, 1.82) is 0 Å². The summed E-state index contributed by atoms with van der Waals surface area (Å²) >= 11 is 6.02. The van der Waals surface area contributed by atoms with Crippen LogP contribution in [0.3, 0.4) is 0 Å². The van der Waals surface area contributed by atoms with E-state index in [4.69, 9.17) is 16.3 Å². The Bertz CT molecular complexity index is 384. The Kier molecular flexibility index (Phi) is 4.43. The molecule has 1 aliphatic rings. The van der Waals surface area contributed by atoms with Crippen molar-refractivity contribution in [3.8, 4) is 5.75 Å². The van der Waals surface area contributed by atoms with Crippen LogP contribution in [0.5, 0.6) is 5.75 Å². The van der Waals surface area contributed by atoms with E-state index in [0.717, 1.165) is 18.6 Å². The van der Waals surface area contributed by atoms with Crippen molar-refractivity contribution in [2.75, 3.05) is 6.61 Å². The molecule has 0 radical (unpaired) electrons. The molecule has 0 aromatic heterocycles. The molecule has 0 N–H and O–H groups in total. The van der Waals surface area contributed by atoms with E-state index in [2.05, 4.69) is 0 Å². The van der Waals surface area contributed by atoms with Crippen molar-refractivity contribution in [3.05, 3.63) is 28.8 Å². The standard InChI is InChI=1S/C14H17ClO2/c15-13-9-12(10-16)5-6-14(13)17-8-7-11-3-1-2-4-11/h5-6,9-11H,1-4,7-8H2. The first-order valence-electron chi connectivity index (χ1n) is 6.17. The van der Waals surface area contributed by atoms with Crippen LogP contribution in [0.15, 0.2) is 18.2 Å². The molecule has 0 atom stereocenters. The zero-order valence-corrected chi connectivity index (χ0v) is 10.6. The van der Waals surface area contributed by atoms with Gasteiger partial charge in [-0.1, -0.05) is 37.3 Å². The number of rotatable bonds is 5. The van der Waals surface area contributed by atoms with Crippen LogP contribution in [0, 0.1) is 5.92 Å². The number of ether oxygens (including phenoxy) is 1. The molecular weight excluding hydrogens is 236 g/mol. The number of hydrogen-bond donors (Lipinski definition) is 0. The molecule has 1 aliphatic carbocycles. The van der Waals surface area contributed by atoms with Gasteiger partial charge in [-0.25, -0.2) is 0 Å². The number of benzene rings is 1. The van der Waals surface area contributed by atoms with E-state index in [1.54, 1.807) is 18.2 Å². The number of aldehydes is 1. The Morgan fingerprint density at radius 2 is 2.12 bits per heavy atom. The van der Waals surface area contributed by atoms with Crippen LogP contribution in [-0.2, 0) is 0 Å². The molecule has 1 aromatic rings. The summed E-state index contributed by atoms with van der Waals surface area (Å²) in [4.78, 5) is 10.6. The summed E-state index contributed by atoms with van der Waals surface area (Å²) in [7, 11) is 0. The maximum Gasteiger partial charge on any atom is 0.150 e. The smallest absolute Gasteiger partial charge is 0.150 e. The van der Waals surface area contributed by atoms with E-state index in [0.29, 0.717) is 22.9 Å². The molecule has 1 saturated carbocycles. The summed E-state index contributed by atoms with van der Waals surface area (Å²) in [5.74, 6) is 1.50. The predicted octanol–water partition coefficient (Wildman–Crippen LogP) is 4.11. The van der Waals surface area contributed by atoms with Crippen molar-refractivity contribution in [1.82, 2.24) is 0 Å². The Balaban J connectivity index is 1.83. The summed E-state index contributed by atoms with van der Waals surface area (Å²) in [6.45, 7) is 0.713. The van der Waals surface area contributed by atoms with E-state index < -0.39 is 0 Å². The topological polar surface area (TPSA) is 26.3 Å². The van der Waals surface area contributed by atoms with Gasteiger partial charge in [-0.3, -0.25) is 4.79 Å². The SMILES string of the molecule is O=Cc1ccc(OCCC2CCCC2)c(Cl)c1. The fourth-order valence-electron chi connectivity index (χ4n) is 2.34. The van der Waals surface area contributed by atoms with Crippen molar-refractivity contribution in [2.45, 2.75) is 32.1 Å². The van der Waals surface area contributed by atoms with Gasteiger partial charge in [0.2, 0.25) is 0 Å². The summed E-state index contributed by atoms with van der Waals surface area (Å²) in [5, 5.41) is 0.515. The van der Waals surface area contributed by atoms with Gasteiger partial charge in [0.25, 0.3) is 0 Å². The van der Waals surface area contributed by atoms with Gasteiger partial charge in [-0.2, -0.15) is 0 Å². The Morgan fingerprint density at radius 1 is 1.35 bits per heavy atom. The highest BCUT2D eigenvalue weighted by atomic mass is 35.5. The molecule has 0 aliphatic heterocycles. The summed E-state index contributed by atoms with van der Waals surface area (Å²) in [6, 6.07) is 5.13. The third-order valence-corrected chi connectivity index (χ3v) is 3.65. The van der Waals surface area contributed by atoms with Crippen LogP contribution in [0.2, 0.25) is 5.02 Å². The Morgan fingerprint density at radius 3 is 2.76 bits per heavy atom. The van der Waals surface area contributed by atoms with Crippen molar-refractivity contribution < 1.29 is 9.53 Å². The zero-order chi connectivity index (χ0) is 12.1. The number of carbonyl (C=O) groups is 1. The molecular formula is C14H17ClO2. The quantitative estimate of drug-likeness (QED) is 0.737. The maximum atomic E-state index is 10.6. The first kappa shape index (κ1) is 12.4. The molecule has 3 heteroatoms. The van der Waals surface area contributed by atoms with Crippen molar-refractivity contribution in [3.63, 3.8) is 0 Å². The van der Waals surface area contributed by atoms with Gasteiger partial charge >= 0.3 is 0 Å². The molecule has 1 aromatic carbocycles. The maximum absolute atomic E-state index is 10.6. The highest BCUT2D eigenvalue weighted by Gasteiger charge is 2.14. The highest BCUT2D eigenvalue weighted by molar-refractivity contribution is 6.32. The van der Waals surface area contributed by atoms with E-state index in [-0.39, 0.29) is 0 Å². The van der Waals surface area contributed by atoms with Crippen LogP contribution >= 0.6 is 11.6 Å². The van der Waals surface area contributed by atoms with E-state index in [9.17, 15) is 4.79 Å². The van der Waals surface area contributed by atoms with Crippen LogP contribution in [0.4, 0.5) is 0 Å². The number of halogens is 1. The third-order valence-electron chi connectivity index (χ3n) is 3.35. The average Bonchev–Trinajstić information content (AvgIpc) is 2.84. The van der Waals surface area contributed by atoms with Gasteiger partial charge in [0.15, 0.2) is 0 Å². The Hall–Kier alpha value is -1.02. The van der Waals surface area contributed by atoms with Crippen LogP contribution in [0.25, 0.3) is 0 Å². The first-order chi connectivity index (χ1) is 8.29. The molecule has 0 heterocycles. The fraction of sp³-hybridized carbons (Fsp3) is 0.500. The molecule has 0 saturated heterocycles. The van der Waals surface area contributed by atoms with Gasteiger partial charge in [0.1, 0.15) is 12.0 Å². The van der Waals surface area contributed by atoms with Crippen LogP contribution in [-0.4, -0.2) is 12.9 Å². The minimum absolute atomic E-state index is 0.515. The van der Waals surface area contributed by atoms with Crippen LogP contribution < -0.4 is 4.74 Å². The van der Waals surface area contributed by atoms with E-state index in [1.807, 2.05) is 0 Å². The second-order valence-corrected chi connectivity index (χ2v) is 5.00. The largest absolute Gasteiger partial charge is 0.492 e. The van der Waals surface area contributed by atoms with Gasteiger partial charge in [0.05, 0.1) is 11.6 Å². The molecule has 0 amide bonds. The number of hydrogen-bond acceptors (Lipinski definition) is 2. The second-order valence-electron chi connectivity index (χ2n) is 4.60. The summed E-state index contributed by atoms with van der Waals surface area (Å²) in [5.41, 5.74) is 0.582. The average molecular weight is 253 g/mol. The third kappa shape index (κ3) is 3.47. The fourth-order valence-corrected chi connectivity index (χ4v) is 2.59. The predicted molar refractivity (Wildman–Crippen MR) is 68.9 cm³/mol. The second kappa shape index (κ2) is 6.06. The van der Waals surface area contributed by atoms with E-state index in [1.165, 1.54) is 25.7 Å². The minimum Gasteiger partial charge on any atom is -0.492 e. The minimum atomic E-state index is 0.515. The molecule has 2 rings (SSSR count). The van der Waals surface area contributed by atoms with E-state index >= 15 is 0 Å². The molecule has 2 nitrogen and oxygen atoms in total. The normalized spacial score (nSPS) is 16.1. The van der Waals surface area contributed by atoms with Gasteiger partial charge in [-0.05, 0) is 30.5 Å². The Labute approximate surface area is 107 Å². The van der Waals surface area contributed by atoms with Crippen molar-refractivity contribution in [2.24, 2.45) is 5.92 Å². The van der Waals surface area contributed by atoms with Crippen molar-refractivity contribution >= 4 is 17.9 Å². The number of carbonyl (C=O) groups excluding carboxylic acids is 1. The molecule has 1 fully saturated rings. The first-order valence-corrected chi connectivity index (χ1v) is 6.55. The van der Waals surface area contributed by atoms with Gasteiger partial charge in [0, 0.05) is 5.56 Å². The lowest BCUT2D eigenvalue weighted by molar-refractivity contribution is 0.112. The monoisotopic (exact) mass is 252 g/mol. The molecule has 0 bridgehead atoms. The molecule has 0 spiro atoms. The lowest BCUT2D eigenvalue weighted by Crippen LogP contribution is -2.04. The van der Waals surface area contributed by atoms with Gasteiger partial charge < -0.3 is 4.74 Å². The zero-order valence-electron chi connectivity index (χ0n) is 9.82. The summed E-state index contributed by atoms with van der Waals surface area (Å²) < 4.78 is 5.65. The molecule has 92 valence electrons. The molecule has 0 unspecified atom stereocenters. The lowest BCUT2D eigenvalue weighted by atomic mass is 10.1. The molecule has 17 heavy (non-hydrogen) atoms.